The fraction of sp³-hybridized carbons (Fsp3) is 0.611. The van der Waals surface area contributed by atoms with Gasteiger partial charge in [-0.05, 0) is 32.3 Å². The zero-order chi connectivity index (χ0) is 16.7. The Morgan fingerprint density at radius 1 is 1.46 bits per heavy atom. The lowest BCUT2D eigenvalue weighted by molar-refractivity contribution is -0.133. The molecule has 1 aliphatic rings. The van der Waals surface area contributed by atoms with Crippen LogP contribution in [0.2, 0.25) is 0 Å². The number of halogens is 1. The van der Waals surface area contributed by atoms with Crippen molar-refractivity contribution >= 4 is 18.3 Å². The first-order valence-corrected chi connectivity index (χ1v) is 8.37. The molecule has 1 amide bonds. The number of amides is 1. The molecule has 5 nitrogen and oxygen atoms in total. The molecule has 136 valence electrons. The van der Waals surface area contributed by atoms with Gasteiger partial charge in [-0.25, -0.2) is 0 Å². The van der Waals surface area contributed by atoms with Crippen molar-refractivity contribution in [2.75, 3.05) is 20.3 Å². The number of para-hydroxylation sites is 1. The summed E-state index contributed by atoms with van der Waals surface area (Å²) in [5.74, 6) is 0.938. The molecule has 2 atom stereocenters. The van der Waals surface area contributed by atoms with E-state index in [9.17, 15) is 4.79 Å². The van der Waals surface area contributed by atoms with E-state index < -0.39 is 0 Å². The predicted molar refractivity (Wildman–Crippen MR) is 97.5 cm³/mol. The van der Waals surface area contributed by atoms with Crippen LogP contribution in [0.4, 0.5) is 0 Å². The Kier molecular flexibility index (Phi) is 9.11. The van der Waals surface area contributed by atoms with Gasteiger partial charge in [-0.15, -0.1) is 12.4 Å². The molecule has 6 heteroatoms. The minimum atomic E-state index is 0. The number of hydrogen-bond donors (Lipinski definition) is 1. The van der Waals surface area contributed by atoms with Crippen molar-refractivity contribution in [3.8, 4) is 5.75 Å². The largest absolute Gasteiger partial charge is 0.496 e. The van der Waals surface area contributed by atoms with Gasteiger partial charge in [0.05, 0.1) is 13.2 Å². The number of nitrogens with two attached hydrogens (primary N) is 1. The summed E-state index contributed by atoms with van der Waals surface area (Å²) in [6.07, 6.45) is 3.40. The van der Waals surface area contributed by atoms with Gasteiger partial charge in [0.1, 0.15) is 5.75 Å². The average Bonchev–Trinajstić information content (AvgIpc) is 3.05. The van der Waals surface area contributed by atoms with E-state index >= 15 is 0 Å². The molecule has 0 aliphatic carbocycles. The van der Waals surface area contributed by atoms with Crippen LogP contribution in [-0.4, -0.2) is 43.2 Å². The second kappa shape index (κ2) is 10.5. The second-order valence-electron chi connectivity index (χ2n) is 6.24. The molecule has 1 saturated heterocycles. The first kappa shape index (κ1) is 20.7. The maximum atomic E-state index is 12.6. The molecule has 2 unspecified atom stereocenters. The number of hydrogen-bond acceptors (Lipinski definition) is 4. The molecule has 1 aliphatic heterocycles. The summed E-state index contributed by atoms with van der Waals surface area (Å²) in [4.78, 5) is 14.5. The lowest BCUT2D eigenvalue weighted by atomic mass is 10.1. The number of rotatable bonds is 8. The number of carbonyl (C=O) groups is 1. The number of methoxy groups -OCH3 is 1. The Morgan fingerprint density at radius 2 is 2.21 bits per heavy atom. The Morgan fingerprint density at radius 3 is 2.83 bits per heavy atom. The van der Waals surface area contributed by atoms with Crippen LogP contribution in [0.3, 0.4) is 0 Å². The molecule has 0 saturated carbocycles. The average molecular weight is 357 g/mol. The molecule has 0 bridgehead atoms. The quantitative estimate of drug-likeness (QED) is 0.777. The molecular weight excluding hydrogens is 328 g/mol. The van der Waals surface area contributed by atoms with Crippen LogP contribution in [-0.2, 0) is 16.1 Å². The molecule has 1 aromatic rings. The molecule has 2 N–H and O–H groups in total. The zero-order valence-corrected chi connectivity index (χ0v) is 15.4. The summed E-state index contributed by atoms with van der Waals surface area (Å²) in [6, 6.07) is 7.86. The van der Waals surface area contributed by atoms with Crippen molar-refractivity contribution in [3.05, 3.63) is 29.8 Å². The molecule has 0 spiro atoms. The van der Waals surface area contributed by atoms with E-state index in [1.807, 2.05) is 36.1 Å². The second-order valence-corrected chi connectivity index (χ2v) is 6.24. The van der Waals surface area contributed by atoms with Gasteiger partial charge in [-0.3, -0.25) is 4.79 Å². The number of nitrogens with zero attached hydrogens (tertiary/aromatic N) is 1. The van der Waals surface area contributed by atoms with Crippen molar-refractivity contribution < 1.29 is 14.3 Å². The highest BCUT2D eigenvalue weighted by atomic mass is 35.5. The van der Waals surface area contributed by atoms with Gasteiger partial charge in [0.15, 0.2) is 0 Å². The van der Waals surface area contributed by atoms with E-state index in [1.165, 1.54) is 0 Å². The molecule has 0 aromatic heterocycles. The van der Waals surface area contributed by atoms with E-state index in [-0.39, 0.29) is 30.5 Å². The predicted octanol–water partition coefficient (Wildman–Crippen LogP) is 2.75. The fourth-order valence-corrected chi connectivity index (χ4v) is 2.84. The molecule has 0 radical (unpaired) electrons. The summed E-state index contributed by atoms with van der Waals surface area (Å²) in [5, 5.41) is 0. The zero-order valence-electron chi connectivity index (χ0n) is 14.6. The van der Waals surface area contributed by atoms with Gasteiger partial charge in [0.25, 0.3) is 0 Å². The minimum Gasteiger partial charge on any atom is -0.496 e. The Labute approximate surface area is 150 Å². The number of benzene rings is 1. The van der Waals surface area contributed by atoms with Crippen LogP contribution in [0.15, 0.2) is 24.3 Å². The molecule has 1 fully saturated rings. The number of ether oxygens (including phenoxy) is 2. The molecular formula is C18H29ClN2O3. The van der Waals surface area contributed by atoms with Crippen molar-refractivity contribution in [1.82, 2.24) is 4.90 Å². The summed E-state index contributed by atoms with van der Waals surface area (Å²) in [7, 11) is 1.65. The monoisotopic (exact) mass is 356 g/mol. The maximum Gasteiger partial charge on any atom is 0.223 e. The van der Waals surface area contributed by atoms with Crippen LogP contribution < -0.4 is 10.5 Å². The third-order valence-corrected chi connectivity index (χ3v) is 4.17. The van der Waals surface area contributed by atoms with Gasteiger partial charge in [0.2, 0.25) is 5.91 Å². The molecule has 2 rings (SSSR count). The van der Waals surface area contributed by atoms with Crippen LogP contribution in [0.1, 0.15) is 38.2 Å². The van der Waals surface area contributed by atoms with Crippen LogP contribution in [0.25, 0.3) is 0 Å². The van der Waals surface area contributed by atoms with Gasteiger partial charge in [-0.1, -0.05) is 18.2 Å². The summed E-state index contributed by atoms with van der Waals surface area (Å²) < 4.78 is 11.1. The third-order valence-electron chi connectivity index (χ3n) is 4.17. The lowest BCUT2D eigenvalue weighted by Crippen LogP contribution is -2.37. The van der Waals surface area contributed by atoms with Gasteiger partial charge in [0, 0.05) is 37.7 Å². The van der Waals surface area contributed by atoms with Gasteiger partial charge in [-0.2, -0.15) is 0 Å². The normalized spacial score (nSPS) is 17.9. The van der Waals surface area contributed by atoms with E-state index in [4.69, 9.17) is 15.2 Å². The highest BCUT2D eigenvalue weighted by Gasteiger charge is 2.23. The molecule has 1 heterocycles. The highest BCUT2D eigenvalue weighted by molar-refractivity contribution is 5.85. The highest BCUT2D eigenvalue weighted by Crippen LogP contribution is 2.22. The van der Waals surface area contributed by atoms with Crippen LogP contribution >= 0.6 is 12.4 Å². The molecule has 24 heavy (non-hydrogen) atoms. The Balaban J connectivity index is 0.00000288. The van der Waals surface area contributed by atoms with E-state index in [0.717, 1.165) is 30.8 Å². The van der Waals surface area contributed by atoms with Crippen molar-refractivity contribution in [2.24, 2.45) is 5.73 Å². The lowest BCUT2D eigenvalue weighted by Gasteiger charge is -2.26. The standard InChI is InChI=1S/C18H28N2O3.ClH/c1-14(19)9-10-18(21)20(13-16-7-5-11-23-16)12-15-6-3-4-8-17(15)22-2;/h3-4,6,8,14,16H,5,7,9-13,19H2,1-2H3;1H. The minimum absolute atomic E-state index is 0. The Hall–Kier alpha value is -1.30. The first-order valence-electron chi connectivity index (χ1n) is 8.37. The van der Waals surface area contributed by atoms with E-state index in [1.54, 1.807) is 7.11 Å². The third kappa shape index (κ3) is 6.30. The fourth-order valence-electron chi connectivity index (χ4n) is 2.84. The van der Waals surface area contributed by atoms with Crippen molar-refractivity contribution in [2.45, 2.75) is 51.3 Å². The summed E-state index contributed by atoms with van der Waals surface area (Å²) in [5.41, 5.74) is 6.80. The van der Waals surface area contributed by atoms with Crippen molar-refractivity contribution in [1.29, 1.82) is 0 Å². The Bertz CT molecular complexity index is 505. The van der Waals surface area contributed by atoms with Crippen molar-refractivity contribution in [3.63, 3.8) is 0 Å². The van der Waals surface area contributed by atoms with Gasteiger partial charge < -0.3 is 20.1 Å². The summed E-state index contributed by atoms with van der Waals surface area (Å²) >= 11 is 0. The smallest absolute Gasteiger partial charge is 0.223 e. The van der Waals surface area contributed by atoms with E-state index in [0.29, 0.717) is 25.9 Å². The van der Waals surface area contributed by atoms with Gasteiger partial charge >= 0.3 is 0 Å². The van der Waals surface area contributed by atoms with Crippen LogP contribution in [0, 0.1) is 0 Å². The van der Waals surface area contributed by atoms with E-state index in [2.05, 4.69) is 0 Å². The molecule has 1 aromatic carbocycles. The summed E-state index contributed by atoms with van der Waals surface area (Å²) in [6.45, 7) is 3.90. The topological polar surface area (TPSA) is 64.8 Å². The number of carbonyl (C=O) groups excluding carboxylic acids is 1. The first-order chi connectivity index (χ1) is 11.1. The SMILES string of the molecule is COc1ccccc1CN(CC1CCCO1)C(=O)CCC(C)N.Cl. The van der Waals surface area contributed by atoms with Crippen LogP contribution in [0.5, 0.6) is 5.75 Å². The maximum absolute atomic E-state index is 12.6.